The SMILES string of the molecule is NC(=O)[C@H](c1ccc(Cl)cc1)N1CCN(CC(=O)N2CCS[C@@H]2c2ccccc2F)CC1. The van der Waals surface area contributed by atoms with Crippen LogP contribution in [0.5, 0.6) is 0 Å². The van der Waals surface area contributed by atoms with Crippen molar-refractivity contribution in [3.8, 4) is 0 Å². The Hall–Kier alpha value is -2.13. The number of primary amides is 1. The molecule has 6 nitrogen and oxygen atoms in total. The Morgan fingerprint density at radius 2 is 1.75 bits per heavy atom. The van der Waals surface area contributed by atoms with E-state index in [1.54, 1.807) is 47.0 Å². The number of halogens is 2. The number of carbonyl (C=O) groups is 2. The summed E-state index contributed by atoms with van der Waals surface area (Å²) in [7, 11) is 0. The zero-order chi connectivity index (χ0) is 22.7. The van der Waals surface area contributed by atoms with Crippen LogP contribution >= 0.6 is 23.4 Å². The van der Waals surface area contributed by atoms with Crippen molar-refractivity contribution in [2.45, 2.75) is 11.4 Å². The van der Waals surface area contributed by atoms with Crippen molar-refractivity contribution in [2.75, 3.05) is 45.0 Å². The van der Waals surface area contributed by atoms with E-state index < -0.39 is 11.9 Å². The molecule has 2 aliphatic rings. The highest BCUT2D eigenvalue weighted by Gasteiger charge is 2.34. The first-order chi connectivity index (χ1) is 15.4. The monoisotopic (exact) mass is 476 g/mol. The Bertz CT molecular complexity index is 969. The van der Waals surface area contributed by atoms with Gasteiger partial charge in [0.15, 0.2) is 0 Å². The van der Waals surface area contributed by atoms with Crippen molar-refractivity contribution < 1.29 is 14.0 Å². The molecule has 170 valence electrons. The second-order valence-corrected chi connectivity index (χ2v) is 9.62. The molecule has 2 aliphatic heterocycles. The highest BCUT2D eigenvalue weighted by Crippen LogP contribution is 2.39. The highest BCUT2D eigenvalue weighted by molar-refractivity contribution is 7.99. The van der Waals surface area contributed by atoms with Gasteiger partial charge in [0, 0.05) is 49.1 Å². The third-order valence-corrected chi connectivity index (χ3v) is 7.46. The lowest BCUT2D eigenvalue weighted by atomic mass is 10.0. The molecular formula is C23H26ClFN4O2S. The average molecular weight is 477 g/mol. The van der Waals surface area contributed by atoms with Crippen LogP contribution in [0.25, 0.3) is 0 Å². The van der Waals surface area contributed by atoms with Gasteiger partial charge >= 0.3 is 0 Å². The van der Waals surface area contributed by atoms with Crippen LogP contribution in [-0.2, 0) is 9.59 Å². The van der Waals surface area contributed by atoms with Gasteiger partial charge in [0.1, 0.15) is 17.2 Å². The molecule has 2 N–H and O–H groups in total. The van der Waals surface area contributed by atoms with E-state index in [9.17, 15) is 14.0 Å². The maximum absolute atomic E-state index is 14.3. The molecule has 32 heavy (non-hydrogen) atoms. The first-order valence-corrected chi connectivity index (χ1v) is 12.0. The molecule has 0 radical (unpaired) electrons. The van der Waals surface area contributed by atoms with Crippen molar-refractivity contribution in [1.82, 2.24) is 14.7 Å². The van der Waals surface area contributed by atoms with Crippen LogP contribution in [0.3, 0.4) is 0 Å². The fourth-order valence-corrected chi connectivity index (χ4v) is 5.75. The molecule has 0 aliphatic carbocycles. The quantitative estimate of drug-likeness (QED) is 0.694. The molecule has 4 rings (SSSR count). The number of nitrogens with two attached hydrogens (primary N) is 1. The molecule has 2 aromatic rings. The Labute approximate surface area is 196 Å². The van der Waals surface area contributed by atoms with E-state index in [1.165, 1.54) is 6.07 Å². The van der Waals surface area contributed by atoms with Crippen molar-refractivity contribution in [1.29, 1.82) is 0 Å². The van der Waals surface area contributed by atoms with Gasteiger partial charge in [-0.2, -0.15) is 0 Å². The summed E-state index contributed by atoms with van der Waals surface area (Å²) in [4.78, 5) is 31.1. The van der Waals surface area contributed by atoms with Crippen molar-refractivity contribution >= 4 is 35.2 Å². The van der Waals surface area contributed by atoms with Crippen LogP contribution in [0.4, 0.5) is 4.39 Å². The summed E-state index contributed by atoms with van der Waals surface area (Å²) < 4.78 is 14.3. The molecule has 2 saturated heterocycles. The molecule has 9 heteroatoms. The normalized spacial score (nSPS) is 20.9. The predicted molar refractivity (Wildman–Crippen MR) is 125 cm³/mol. The molecule has 2 amide bonds. The second-order valence-electron chi connectivity index (χ2n) is 8.00. The summed E-state index contributed by atoms with van der Waals surface area (Å²) in [5, 5.41) is 0.322. The van der Waals surface area contributed by atoms with Gasteiger partial charge in [-0.15, -0.1) is 11.8 Å². The lowest BCUT2D eigenvalue weighted by Gasteiger charge is -2.38. The largest absolute Gasteiger partial charge is 0.368 e. The van der Waals surface area contributed by atoms with Gasteiger partial charge in [0.05, 0.1) is 6.54 Å². The van der Waals surface area contributed by atoms with Crippen LogP contribution in [0.15, 0.2) is 48.5 Å². The summed E-state index contributed by atoms with van der Waals surface area (Å²) in [6, 6.07) is 13.3. The van der Waals surface area contributed by atoms with Gasteiger partial charge in [-0.1, -0.05) is 41.9 Å². The Balaban J connectivity index is 1.36. The Morgan fingerprint density at radius 3 is 2.41 bits per heavy atom. The van der Waals surface area contributed by atoms with E-state index in [1.807, 2.05) is 17.0 Å². The lowest BCUT2D eigenvalue weighted by molar-refractivity contribution is -0.133. The molecule has 2 aromatic carbocycles. The highest BCUT2D eigenvalue weighted by atomic mass is 35.5. The number of hydrogen-bond donors (Lipinski definition) is 1. The van der Waals surface area contributed by atoms with Gasteiger partial charge in [-0.25, -0.2) is 4.39 Å². The number of hydrogen-bond acceptors (Lipinski definition) is 5. The van der Waals surface area contributed by atoms with Crippen LogP contribution in [0, 0.1) is 5.82 Å². The van der Waals surface area contributed by atoms with Gasteiger partial charge in [0.2, 0.25) is 11.8 Å². The minimum Gasteiger partial charge on any atom is -0.368 e. The topological polar surface area (TPSA) is 69.9 Å². The average Bonchev–Trinajstić information content (AvgIpc) is 3.26. The molecule has 0 saturated carbocycles. The third-order valence-electron chi connectivity index (χ3n) is 5.97. The fourth-order valence-electron chi connectivity index (χ4n) is 4.32. The summed E-state index contributed by atoms with van der Waals surface area (Å²) in [6.07, 6.45) is 0. The van der Waals surface area contributed by atoms with Crippen LogP contribution in [0.1, 0.15) is 22.5 Å². The maximum Gasteiger partial charge on any atom is 0.239 e. The smallest absolute Gasteiger partial charge is 0.239 e. The van der Waals surface area contributed by atoms with E-state index in [0.29, 0.717) is 43.3 Å². The molecule has 2 atom stereocenters. The molecule has 0 spiro atoms. The minimum atomic E-state index is -0.523. The fraction of sp³-hybridized carbons (Fsp3) is 0.391. The summed E-state index contributed by atoms with van der Waals surface area (Å²) in [6.45, 7) is 3.43. The first-order valence-electron chi connectivity index (χ1n) is 10.6. The number of carbonyl (C=O) groups excluding carboxylic acids is 2. The van der Waals surface area contributed by atoms with Crippen molar-refractivity contribution in [2.24, 2.45) is 5.73 Å². The molecular weight excluding hydrogens is 451 g/mol. The van der Waals surface area contributed by atoms with Crippen LogP contribution < -0.4 is 5.73 Å². The molecule has 0 unspecified atom stereocenters. The van der Waals surface area contributed by atoms with E-state index >= 15 is 0 Å². The molecule has 2 fully saturated rings. The molecule has 0 aromatic heterocycles. The number of rotatable bonds is 6. The standard InChI is InChI=1S/C23H26ClFN4O2S/c24-17-7-5-16(6-8-17)21(22(26)31)28-11-9-27(10-12-28)15-20(30)29-13-14-32-23(29)18-3-1-2-4-19(18)25/h1-8,21,23H,9-15H2,(H2,26,31)/t21-,23+/m0/s1. The zero-order valence-corrected chi connectivity index (χ0v) is 19.2. The number of amides is 2. The summed E-state index contributed by atoms with van der Waals surface area (Å²) in [5.74, 6) is 0.109. The zero-order valence-electron chi connectivity index (χ0n) is 17.6. The van der Waals surface area contributed by atoms with Gasteiger partial charge in [0.25, 0.3) is 0 Å². The van der Waals surface area contributed by atoms with E-state index in [-0.39, 0.29) is 23.6 Å². The number of benzene rings is 2. The molecule has 2 heterocycles. The summed E-state index contributed by atoms with van der Waals surface area (Å²) >= 11 is 7.56. The summed E-state index contributed by atoms with van der Waals surface area (Å²) in [5.41, 5.74) is 7.07. The van der Waals surface area contributed by atoms with Crippen molar-refractivity contribution in [3.63, 3.8) is 0 Å². The van der Waals surface area contributed by atoms with E-state index in [0.717, 1.165) is 11.3 Å². The van der Waals surface area contributed by atoms with E-state index in [4.69, 9.17) is 17.3 Å². The third kappa shape index (κ3) is 5.09. The first kappa shape index (κ1) is 23.0. The minimum absolute atomic E-state index is 0.000792. The Morgan fingerprint density at radius 1 is 1.06 bits per heavy atom. The Kier molecular flexibility index (Phi) is 7.35. The maximum atomic E-state index is 14.3. The van der Waals surface area contributed by atoms with Gasteiger partial charge < -0.3 is 10.6 Å². The number of piperazine rings is 1. The van der Waals surface area contributed by atoms with Gasteiger partial charge in [-0.05, 0) is 23.8 Å². The molecule has 0 bridgehead atoms. The predicted octanol–water partition coefficient (Wildman–Crippen LogP) is 2.90. The van der Waals surface area contributed by atoms with Crippen LogP contribution in [-0.4, -0.2) is 71.5 Å². The number of thioether (sulfide) groups is 1. The van der Waals surface area contributed by atoms with E-state index in [2.05, 4.69) is 4.90 Å². The lowest BCUT2D eigenvalue weighted by Crippen LogP contribution is -2.52. The van der Waals surface area contributed by atoms with Crippen LogP contribution in [0.2, 0.25) is 5.02 Å². The van der Waals surface area contributed by atoms with Crippen molar-refractivity contribution in [3.05, 3.63) is 70.5 Å². The van der Waals surface area contributed by atoms with Gasteiger partial charge in [-0.3, -0.25) is 19.4 Å². The number of nitrogens with zero attached hydrogens (tertiary/aromatic N) is 3. The second kappa shape index (κ2) is 10.2.